The van der Waals surface area contributed by atoms with E-state index in [2.05, 4.69) is 41.9 Å². The first-order valence-electron chi connectivity index (χ1n) is 9.40. The Morgan fingerprint density at radius 1 is 1.00 bits per heavy atom. The minimum atomic E-state index is -0.155. The Bertz CT molecular complexity index is 792. The minimum Gasteiger partial charge on any atom is -0.376 e. The molecule has 0 aliphatic rings. The van der Waals surface area contributed by atoms with Gasteiger partial charge in [-0.25, -0.2) is 0 Å². The standard InChI is InChI=1S/C22H29N3O2/c1-5-6-10-23-22(27)18-8-7-9-19(13-18)25-20(26)14-24-21-16(3)11-15(2)12-17(21)4/h7-9,11-13,24H,5-6,10,14H2,1-4H3,(H,23,27)(H,25,26). The molecule has 0 aliphatic heterocycles. The highest BCUT2D eigenvalue weighted by molar-refractivity contribution is 5.98. The van der Waals surface area contributed by atoms with E-state index in [0.717, 1.165) is 29.7 Å². The molecule has 0 saturated carbocycles. The van der Waals surface area contributed by atoms with E-state index in [1.54, 1.807) is 24.3 Å². The van der Waals surface area contributed by atoms with Gasteiger partial charge in [-0.2, -0.15) is 0 Å². The third-order valence-electron chi connectivity index (χ3n) is 4.33. The third kappa shape index (κ3) is 6.13. The van der Waals surface area contributed by atoms with Crippen LogP contribution in [-0.4, -0.2) is 24.9 Å². The van der Waals surface area contributed by atoms with Crippen LogP contribution in [0.15, 0.2) is 36.4 Å². The van der Waals surface area contributed by atoms with Crippen molar-refractivity contribution < 1.29 is 9.59 Å². The molecule has 5 nitrogen and oxygen atoms in total. The van der Waals surface area contributed by atoms with Crippen LogP contribution in [0.3, 0.4) is 0 Å². The SMILES string of the molecule is CCCCNC(=O)c1cccc(NC(=O)CNc2c(C)cc(C)cc2C)c1. The van der Waals surface area contributed by atoms with Gasteiger partial charge in [0.15, 0.2) is 0 Å². The molecule has 0 unspecified atom stereocenters. The minimum absolute atomic E-state index is 0.122. The topological polar surface area (TPSA) is 70.2 Å². The second-order valence-electron chi connectivity index (χ2n) is 6.87. The van der Waals surface area contributed by atoms with Gasteiger partial charge in [-0.05, 0) is 56.5 Å². The Morgan fingerprint density at radius 2 is 1.70 bits per heavy atom. The summed E-state index contributed by atoms with van der Waals surface area (Å²) in [4.78, 5) is 24.4. The third-order valence-corrected chi connectivity index (χ3v) is 4.33. The van der Waals surface area contributed by atoms with Crippen molar-refractivity contribution in [2.45, 2.75) is 40.5 Å². The lowest BCUT2D eigenvalue weighted by molar-refractivity contribution is -0.114. The molecular weight excluding hydrogens is 338 g/mol. The first-order chi connectivity index (χ1) is 12.9. The van der Waals surface area contributed by atoms with Crippen molar-refractivity contribution in [2.24, 2.45) is 0 Å². The van der Waals surface area contributed by atoms with Gasteiger partial charge in [-0.15, -0.1) is 0 Å². The van der Waals surface area contributed by atoms with Crippen LogP contribution in [-0.2, 0) is 4.79 Å². The molecule has 0 bridgehead atoms. The molecule has 0 radical (unpaired) electrons. The zero-order valence-electron chi connectivity index (χ0n) is 16.6. The monoisotopic (exact) mass is 367 g/mol. The average molecular weight is 367 g/mol. The molecule has 0 aliphatic carbocycles. The fraction of sp³-hybridized carbons (Fsp3) is 0.364. The fourth-order valence-corrected chi connectivity index (χ4v) is 3.05. The number of carbonyl (C=O) groups is 2. The van der Waals surface area contributed by atoms with E-state index in [-0.39, 0.29) is 18.4 Å². The molecule has 2 rings (SSSR count). The zero-order chi connectivity index (χ0) is 19.8. The van der Waals surface area contributed by atoms with Gasteiger partial charge < -0.3 is 16.0 Å². The van der Waals surface area contributed by atoms with Crippen LogP contribution in [0, 0.1) is 20.8 Å². The van der Waals surface area contributed by atoms with Crippen LogP contribution in [0.5, 0.6) is 0 Å². The number of hydrogen-bond acceptors (Lipinski definition) is 3. The van der Waals surface area contributed by atoms with E-state index in [1.807, 2.05) is 13.8 Å². The number of aryl methyl sites for hydroxylation is 3. The Morgan fingerprint density at radius 3 is 2.37 bits per heavy atom. The predicted octanol–water partition coefficient (Wildman–Crippen LogP) is 4.19. The van der Waals surface area contributed by atoms with Gasteiger partial charge in [0.05, 0.1) is 6.54 Å². The smallest absolute Gasteiger partial charge is 0.251 e. The van der Waals surface area contributed by atoms with E-state index in [9.17, 15) is 9.59 Å². The van der Waals surface area contributed by atoms with Gasteiger partial charge in [0.25, 0.3) is 5.91 Å². The Balaban J connectivity index is 1.94. The summed E-state index contributed by atoms with van der Waals surface area (Å²) in [6, 6.07) is 11.2. The summed E-state index contributed by atoms with van der Waals surface area (Å²) in [6.45, 7) is 9.02. The second-order valence-corrected chi connectivity index (χ2v) is 6.87. The quantitative estimate of drug-likeness (QED) is 0.613. The largest absolute Gasteiger partial charge is 0.376 e. The zero-order valence-corrected chi connectivity index (χ0v) is 16.6. The lowest BCUT2D eigenvalue weighted by Crippen LogP contribution is -2.25. The molecule has 5 heteroatoms. The summed E-state index contributed by atoms with van der Waals surface area (Å²) in [5.41, 5.74) is 5.58. The van der Waals surface area contributed by atoms with Crippen molar-refractivity contribution in [1.29, 1.82) is 0 Å². The van der Waals surface area contributed by atoms with E-state index < -0.39 is 0 Å². The summed E-state index contributed by atoms with van der Waals surface area (Å²) < 4.78 is 0. The molecular formula is C22H29N3O2. The van der Waals surface area contributed by atoms with Crippen molar-refractivity contribution >= 4 is 23.2 Å². The van der Waals surface area contributed by atoms with Crippen LogP contribution < -0.4 is 16.0 Å². The van der Waals surface area contributed by atoms with Crippen LogP contribution in [0.2, 0.25) is 0 Å². The Hall–Kier alpha value is -2.82. The van der Waals surface area contributed by atoms with Crippen LogP contribution in [0.25, 0.3) is 0 Å². The summed E-state index contributed by atoms with van der Waals surface area (Å²) >= 11 is 0. The van der Waals surface area contributed by atoms with Crippen molar-refractivity contribution in [1.82, 2.24) is 5.32 Å². The van der Waals surface area contributed by atoms with Gasteiger partial charge >= 0.3 is 0 Å². The van der Waals surface area contributed by atoms with E-state index in [0.29, 0.717) is 17.8 Å². The second kappa shape index (κ2) is 9.76. The molecule has 0 spiro atoms. The van der Waals surface area contributed by atoms with Crippen LogP contribution >= 0.6 is 0 Å². The number of anilines is 2. The molecule has 0 heterocycles. The van der Waals surface area contributed by atoms with E-state index >= 15 is 0 Å². The number of benzene rings is 2. The normalized spacial score (nSPS) is 10.4. The Kier molecular flexibility index (Phi) is 7.41. The van der Waals surface area contributed by atoms with E-state index in [1.165, 1.54) is 5.56 Å². The van der Waals surface area contributed by atoms with Crippen molar-refractivity contribution in [3.8, 4) is 0 Å². The molecule has 3 N–H and O–H groups in total. The van der Waals surface area contributed by atoms with Crippen LogP contribution in [0.4, 0.5) is 11.4 Å². The molecule has 2 aromatic carbocycles. The molecule has 0 aromatic heterocycles. The number of amides is 2. The first-order valence-corrected chi connectivity index (χ1v) is 9.40. The van der Waals surface area contributed by atoms with Crippen LogP contribution in [0.1, 0.15) is 46.8 Å². The maximum absolute atomic E-state index is 12.3. The van der Waals surface area contributed by atoms with E-state index in [4.69, 9.17) is 0 Å². The van der Waals surface area contributed by atoms with Crippen molar-refractivity contribution in [3.63, 3.8) is 0 Å². The summed E-state index contributed by atoms with van der Waals surface area (Å²) in [5, 5.41) is 8.93. The van der Waals surface area contributed by atoms with Gasteiger partial charge in [0, 0.05) is 23.5 Å². The predicted molar refractivity (Wildman–Crippen MR) is 111 cm³/mol. The fourth-order valence-electron chi connectivity index (χ4n) is 3.05. The number of carbonyl (C=O) groups excluding carboxylic acids is 2. The molecule has 2 aromatic rings. The summed E-state index contributed by atoms with van der Waals surface area (Å²) in [7, 11) is 0. The van der Waals surface area contributed by atoms with Gasteiger partial charge in [0.2, 0.25) is 5.91 Å². The van der Waals surface area contributed by atoms with Crippen molar-refractivity contribution in [3.05, 3.63) is 58.7 Å². The number of hydrogen-bond donors (Lipinski definition) is 3. The van der Waals surface area contributed by atoms with Gasteiger partial charge in [0.1, 0.15) is 0 Å². The number of unbranched alkanes of at least 4 members (excludes halogenated alkanes) is 1. The molecule has 2 amide bonds. The summed E-state index contributed by atoms with van der Waals surface area (Å²) in [5.74, 6) is -0.276. The highest BCUT2D eigenvalue weighted by Crippen LogP contribution is 2.21. The average Bonchev–Trinajstić information content (AvgIpc) is 2.61. The highest BCUT2D eigenvalue weighted by Gasteiger charge is 2.09. The maximum atomic E-state index is 12.3. The maximum Gasteiger partial charge on any atom is 0.251 e. The molecule has 0 atom stereocenters. The lowest BCUT2D eigenvalue weighted by Gasteiger charge is -2.14. The number of nitrogens with one attached hydrogen (secondary N) is 3. The molecule has 27 heavy (non-hydrogen) atoms. The Labute approximate surface area is 161 Å². The highest BCUT2D eigenvalue weighted by atomic mass is 16.2. The summed E-state index contributed by atoms with van der Waals surface area (Å²) in [6.07, 6.45) is 1.98. The van der Waals surface area contributed by atoms with Gasteiger partial charge in [-0.1, -0.05) is 37.1 Å². The molecule has 0 fully saturated rings. The van der Waals surface area contributed by atoms with Crippen molar-refractivity contribution in [2.75, 3.05) is 23.7 Å². The lowest BCUT2D eigenvalue weighted by atomic mass is 10.1. The molecule has 144 valence electrons. The van der Waals surface area contributed by atoms with Gasteiger partial charge in [-0.3, -0.25) is 9.59 Å². The first kappa shape index (κ1) is 20.5. The number of rotatable bonds is 8. The molecule has 0 saturated heterocycles.